The zero-order valence-electron chi connectivity index (χ0n) is 10.5. The van der Waals surface area contributed by atoms with Crippen LogP contribution < -0.4 is 5.32 Å². The number of likely N-dealkylation sites (tertiary alicyclic amines) is 1. The summed E-state index contributed by atoms with van der Waals surface area (Å²) in [6.07, 6.45) is 8.36. The first-order chi connectivity index (χ1) is 7.74. The van der Waals surface area contributed by atoms with Gasteiger partial charge in [0.15, 0.2) is 0 Å². The van der Waals surface area contributed by atoms with Gasteiger partial charge in [-0.15, -0.1) is 0 Å². The van der Waals surface area contributed by atoms with E-state index in [2.05, 4.69) is 17.1 Å². The number of nitrogens with one attached hydrogen (secondary N) is 1. The fourth-order valence-corrected chi connectivity index (χ4v) is 3.27. The third-order valence-corrected chi connectivity index (χ3v) is 4.21. The van der Waals surface area contributed by atoms with E-state index in [-0.39, 0.29) is 6.04 Å². The number of nitrogens with zero attached hydrogens (tertiary/aromatic N) is 1. The molecule has 2 fully saturated rings. The molecule has 0 bridgehead atoms. The highest BCUT2D eigenvalue weighted by atomic mass is 16.2. The van der Waals surface area contributed by atoms with Gasteiger partial charge in [0.1, 0.15) is 0 Å². The predicted molar refractivity (Wildman–Crippen MR) is 65.3 cm³/mol. The van der Waals surface area contributed by atoms with Crippen molar-refractivity contribution < 1.29 is 4.79 Å². The van der Waals surface area contributed by atoms with Gasteiger partial charge in [-0.25, -0.2) is 0 Å². The van der Waals surface area contributed by atoms with Crippen LogP contribution >= 0.6 is 0 Å². The van der Waals surface area contributed by atoms with Crippen molar-refractivity contribution in [1.82, 2.24) is 10.2 Å². The van der Waals surface area contributed by atoms with Gasteiger partial charge in [-0.05, 0) is 46.1 Å². The van der Waals surface area contributed by atoms with E-state index in [1.807, 2.05) is 7.05 Å². The summed E-state index contributed by atoms with van der Waals surface area (Å²) in [5.74, 6) is 0.347. The van der Waals surface area contributed by atoms with Crippen molar-refractivity contribution in [2.45, 2.75) is 70.0 Å². The smallest absolute Gasteiger partial charge is 0.240 e. The molecule has 16 heavy (non-hydrogen) atoms. The molecule has 0 spiro atoms. The summed E-state index contributed by atoms with van der Waals surface area (Å²) >= 11 is 0. The normalized spacial score (nSPS) is 33.1. The number of carbonyl (C=O) groups excluding carboxylic acids is 1. The Bertz CT molecular complexity index is 248. The van der Waals surface area contributed by atoms with Gasteiger partial charge in [0.2, 0.25) is 5.91 Å². The molecule has 0 aromatic rings. The van der Waals surface area contributed by atoms with Crippen LogP contribution in [0.2, 0.25) is 0 Å². The Morgan fingerprint density at radius 3 is 2.44 bits per heavy atom. The molecule has 2 rings (SSSR count). The molecule has 2 unspecified atom stereocenters. The summed E-state index contributed by atoms with van der Waals surface area (Å²) < 4.78 is 0. The van der Waals surface area contributed by atoms with E-state index < -0.39 is 0 Å². The number of likely N-dealkylation sites (N-methyl/N-ethyl adjacent to an activating group) is 1. The van der Waals surface area contributed by atoms with Gasteiger partial charge in [0, 0.05) is 12.1 Å². The van der Waals surface area contributed by atoms with Gasteiger partial charge in [-0.1, -0.05) is 12.8 Å². The molecule has 2 aliphatic rings. The van der Waals surface area contributed by atoms with Crippen molar-refractivity contribution in [2.24, 2.45) is 0 Å². The summed E-state index contributed by atoms with van der Waals surface area (Å²) in [4.78, 5) is 14.6. The van der Waals surface area contributed by atoms with E-state index in [1.54, 1.807) is 0 Å². The lowest BCUT2D eigenvalue weighted by Crippen LogP contribution is -2.50. The van der Waals surface area contributed by atoms with E-state index in [0.717, 1.165) is 6.42 Å². The molecular weight excluding hydrogens is 200 g/mol. The number of carbonyl (C=O) groups is 1. The minimum absolute atomic E-state index is 0.0607. The molecule has 3 nitrogen and oxygen atoms in total. The zero-order chi connectivity index (χ0) is 11.5. The maximum Gasteiger partial charge on any atom is 0.240 e. The largest absolute Gasteiger partial charge is 0.336 e. The molecule has 92 valence electrons. The number of hydrogen-bond donors (Lipinski definition) is 1. The molecule has 1 aliphatic carbocycles. The van der Waals surface area contributed by atoms with E-state index in [0.29, 0.717) is 18.0 Å². The van der Waals surface area contributed by atoms with Crippen LogP contribution in [0.4, 0.5) is 0 Å². The zero-order valence-corrected chi connectivity index (χ0v) is 10.5. The van der Waals surface area contributed by atoms with Crippen molar-refractivity contribution >= 4 is 5.91 Å². The molecule has 0 aromatic heterocycles. The average molecular weight is 224 g/mol. The minimum atomic E-state index is 0.0607. The second-order valence-electron chi connectivity index (χ2n) is 5.30. The Kier molecular flexibility index (Phi) is 3.85. The van der Waals surface area contributed by atoms with Crippen molar-refractivity contribution in [3.05, 3.63) is 0 Å². The summed E-state index contributed by atoms with van der Waals surface area (Å²) in [6, 6.07) is 1.02. The van der Waals surface area contributed by atoms with E-state index in [4.69, 9.17) is 0 Å². The first kappa shape index (κ1) is 11.9. The molecule has 0 aromatic carbocycles. The highest BCUT2D eigenvalue weighted by molar-refractivity contribution is 5.82. The fourth-order valence-electron chi connectivity index (χ4n) is 3.27. The van der Waals surface area contributed by atoms with Crippen LogP contribution in [0.5, 0.6) is 0 Å². The number of hydrogen-bond acceptors (Lipinski definition) is 2. The summed E-state index contributed by atoms with van der Waals surface area (Å²) in [6.45, 7) is 2.22. The average Bonchev–Trinajstić information content (AvgIpc) is 2.73. The van der Waals surface area contributed by atoms with Crippen LogP contribution in [0.15, 0.2) is 0 Å². The number of rotatable bonds is 2. The fraction of sp³-hybridized carbons (Fsp3) is 0.923. The maximum absolute atomic E-state index is 12.4. The highest BCUT2D eigenvalue weighted by Gasteiger charge is 2.35. The summed E-state index contributed by atoms with van der Waals surface area (Å²) in [5.41, 5.74) is 0. The van der Waals surface area contributed by atoms with Crippen molar-refractivity contribution in [3.63, 3.8) is 0 Å². The third-order valence-electron chi connectivity index (χ3n) is 4.21. The van der Waals surface area contributed by atoms with E-state index in [9.17, 15) is 4.79 Å². The second-order valence-corrected chi connectivity index (χ2v) is 5.30. The Balaban J connectivity index is 2.12. The van der Waals surface area contributed by atoms with Crippen molar-refractivity contribution in [1.29, 1.82) is 0 Å². The first-order valence-electron chi connectivity index (χ1n) is 6.73. The Morgan fingerprint density at radius 1 is 1.12 bits per heavy atom. The molecule has 0 radical (unpaired) electrons. The molecule has 1 N–H and O–H groups in total. The van der Waals surface area contributed by atoms with Crippen LogP contribution in [0.3, 0.4) is 0 Å². The third kappa shape index (κ3) is 2.24. The quantitative estimate of drug-likeness (QED) is 0.777. The molecule has 1 saturated heterocycles. The molecule has 1 amide bonds. The maximum atomic E-state index is 12.4. The molecular formula is C13H24N2O. The van der Waals surface area contributed by atoms with Crippen LogP contribution in [0.25, 0.3) is 0 Å². The topological polar surface area (TPSA) is 32.3 Å². The Labute approximate surface area is 98.6 Å². The molecule has 1 saturated carbocycles. The Morgan fingerprint density at radius 2 is 1.81 bits per heavy atom. The minimum Gasteiger partial charge on any atom is -0.336 e. The van der Waals surface area contributed by atoms with Gasteiger partial charge >= 0.3 is 0 Å². The van der Waals surface area contributed by atoms with Gasteiger partial charge in [-0.3, -0.25) is 4.79 Å². The summed E-state index contributed by atoms with van der Waals surface area (Å²) in [7, 11) is 1.91. The van der Waals surface area contributed by atoms with Gasteiger partial charge in [0.05, 0.1) is 6.04 Å². The van der Waals surface area contributed by atoms with Crippen molar-refractivity contribution in [2.75, 3.05) is 7.05 Å². The molecule has 3 heteroatoms. The SMILES string of the molecule is CNC1CCCC(C)N(C2CCCC2)C1=O. The predicted octanol–water partition coefficient (Wildman–Crippen LogP) is 1.92. The highest BCUT2D eigenvalue weighted by Crippen LogP contribution is 2.29. The van der Waals surface area contributed by atoms with Crippen molar-refractivity contribution in [3.8, 4) is 0 Å². The number of amides is 1. The van der Waals surface area contributed by atoms with Crippen LogP contribution in [-0.4, -0.2) is 36.0 Å². The second kappa shape index (κ2) is 5.17. The van der Waals surface area contributed by atoms with Crippen LogP contribution in [0, 0.1) is 0 Å². The first-order valence-corrected chi connectivity index (χ1v) is 6.73. The van der Waals surface area contributed by atoms with Gasteiger partial charge < -0.3 is 10.2 Å². The lowest BCUT2D eigenvalue weighted by Gasteiger charge is -2.35. The molecule has 1 heterocycles. The molecule has 2 atom stereocenters. The van der Waals surface area contributed by atoms with Gasteiger partial charge in [0.25, 0.3) is 0 Å². The Hall–Kier alpha value is -0.570. The summed E-state index contributed by atoms with van der Waals surface area (Å²) in [5, 5.41) is 3.18. The van der Waals surface area contributed by atoms with Crippen LogP contribution in [-0.2, 0) is 4.79 Å². The lowest BCUT2D eigenvalue weighted by molar-refractivity contribution is -0.137. The monoisotopic (exact) mass is 224 g/mol. The molecule has 1 aliphatic heterocycles. The van der Waals surface area contributed by atoms with E-state index in [1.165, 1.54) is 38.5 Å². The standard InChI is InChI=1S/C13H24N2O/c1-10-6-5-9-12(14-2)13(16)15(10)11-7-3-4-8-11/h10-12,14H,3-9H2,1-2H3. The van der Waals surface area contributed by atoms with Crippen LogP contribution in [0.1, 0.15) is 51.9 Å². The van der Waals surface area contributed by atoms with E-state index >= 15 is 0 Å². The lowest BCUT2D eigenvalue weighted by atomic mass is 10.1. The van der Waals surface area contributed by atoms with Gasteiger partial charge in [-0.2, -0.15) is 0 Å².